The molecule has 1 aromatic heterocycles. The first-order valence-electron chi connectivity index (χ1n) is 12.8. The molecular formula is C31H26FN3O6. The van der Waals surface area contributed by atoms with E-state index in [1.165, 1.54) is 37.5 Å². The molecule has 0 unspecified atom stereocenters. The van der Waals surface area contributed by atoms with Crippen LogP contribution in [0.5, 0.6) is 17.2 Å². The van der Waals surface area contributed by atoms with E-state index < -0.39 is 29.2 Å². The molecule has 1 heterocycles. The van der Waals surface area contributed by atoms with E-state index in [9.17, 15) is 14.4 Å². The van der Waals surface area contributed by atoms with Gasteiger partial charge >= 0.3 is 12.1 Å². The molecule has 10 heteroatoms. The molecule has 1 aliphatic carbocycles. The van der Waals surface area contributed by atoms with E-state index in [2.05, 4.69) is 10.3 Å². The van der Waals surface area contributed by atoms with Crippen molar-refractivity contribution in [2.45, 2.75) is 19.4 Å². The third kappa shape index (κ3) is 6.50. The monoisotopic (exact) mass is 555 g/mol. The number of nitrogens with zero attached hydrogens (tertiary/aromatic N) is 2. The number of rotatable bonds is 9. The molecule has 0 bridgehead atoms. The van der Waals surface area contributed by atoms with Crippen molar-refractivity contribution in [1.82, 2.24) is 4.98 Å². The quantitative estimate of drug-likeness (QED) is 0.196. The number of hydrogen-bond donors (Lipinski definition) is 1. The SMILES string of the molecule is CN(C(=O)C1(C(=O)OCc2ccccc2)CC1)c1ccc(Oc2ccnc(NC(=O)Oc3ccccc3)c2)cc1F. The van der Waals surface area contributed by atoms with Crippen LogP contribution in [0.2, 0.25) is 0 Å². The highest BCUT2D eigenvalue weighted by atomic mass is 19.1. The fraction of sp³-hybridized carbons (Fsp3) is 0.161. The van der Waals surface area contributed by atoms with Gasteiger partial charge in [-0.1, -0.05) is 48.5 Å². The Morgan fingerprint density at radius 2 is 1.59 bits per heavy atom. The van der Waals surface area contributed by atoms with Crippen LogP contribution in [0.3, 0.4) is 0 Å². The van der Waals surface area contributed by atoms with Crippen LogP contribution in [0, 0.1) is 11.2 Å². The molecule has 41 heavy (non-hydrogen) atoms. The molecular weight excluding hydrogens is 529 g/mol. The molecule has 208 valence electrons. The van der Waals surface area contributed by atoms with Gasteiger partial charge in [0.1, 0.15) is 35.1 Å². The second kappa shape index (κ2) is 11.9. The smallest absolute Gasteiger partial charge is 0.418 e. The summed E-state index contributed by atoms with van der Waals surface area (Å²) in [6.07, 6.45) is 1.35. The van der Waals surface area contributed by atoms with Crippen LogP contribution in [0.4, 0.5) is 20.7 Å². The minimum Gasteiger partial charge on any atom is -0.460 e. The van der Waals surface area contributed by atoms with Crippen molar-refractivity contribution in [2.24, 2.45) is 5.41 Å². The lowest BCUT2D eigenvalue weighted by molar-refractivity contribution is -0.155. The van der Waals surface area contributed by atoms with Crippen LogP contribution in [-0.4, -0.2) is 30.0 Å². The van der Waals surface area contributed by atoms with Gasteiger partial charge in [-0.15, -0.1) is 0 Å². The first-order chi connectivity index (χ1) is 19.8. The second-order valence-electron chi connectivity index (χ2n) is 9.43. The van der Waals surface area contributed by atoms with Gasteiger partial charge in [0.25, 0.3) is 0 Å². The maximum atomic E-state index is 15.1. The number of hydrogen-bond acceptors (Lipinski definition) is 7. The fourth-order valence-corrected chi connectivity index (χ4v) is 4.15. The standard InChI is InChI=1S/C31H26FN3O6/c1-35(28(36)31(15-16-31)29(37)39-20-21-8-4-2-5-9-21)26-13-12-23(18-25(26)32)40-24-14-17-33-27(19-24)34-30(38)41-22-10-6-3-7-11-22/h2-14,17-19H,15-16,20H2,1H3,(H,33,34,38). The van der Waals surface area contributed by atoms with Crippen molar-refractivity contribution in [2.75, 3.05) is 17.3 Å². The first kappa shape index (κ1) is 27.3. The lowest BCUT2D eigenvalue weighted by Gasteiger charge is -2.23. The Morgan fingerprint density at radius 3 is 2.27 bits per heavy atom. The Kier molecular flexibility index (Phi) is 7.91. The summed E-state index contributed by atoms with van der Waals surface area (Å²) >= 11 is 0. The number of aromatic nitrogens is 1. The Hall–Kier alpha value is -5.25. The number of ether oxygens (including phenoxy) is 3. The van der Waals surface area contributed by atoms with E-state index in [1.54, 1.807) is 30.3 Å². The molecule has 1 N–H and O–H groups in total. The average Bonchev–Trinajstić information content (AvgIpc) is 3.79. The van der Waals surface area contributed by atoms with Crippen molar-refractivity contribution < 1.29 is 33.0 Å². The van der Waals surface area contributed by atoms with E-state index in [1.807, 2.05) is 30.3 Å². The van der Waals surface area contributed by atoms with Crippen molar-refractivity contribution in [1.29, 1.82) is 0 Å². The summed E-state index contributed by atoms with van der Waals surface area (Å²) < 4.78 is 31.4. The summed E-state index contributed by atoms with van der Waals surface area (Å²) in [5.41, 5.74) is -0.513. The molecule has 0 spiro atoms. The Balaban J connectivity index is 1.20. The van der Waals surface area contributed by atoms with Crippen molar-refractivity contribution in [3.8, 4) is 17.2 Å². The Labute approximate surface area is 235 Å². The van der Waals surface area contributed by atoms with Crippen LogP contribution in [0.15, 0.2) is 97.2 Å². The van der Waals surface area contributed by atoms with Gasteiger partial charge in [0, 0.05) is 25.4 Å². The number of carbonyl (C=O) groups excluding carboxylic acids is 3. The van der Waals surface area contributed by atoms with Gasteiger partial charge < -0.3 is 19.1 Å². The lowest BCUT2D eigenvalue weighted by atomic mass is 10.1. The van der Waals surface area contributed by atoms with Crippen LogP contribution in [-0.2, 0) is 20.9 Å². The molecule has 1 saturated carbocycles. The zero-order valence-electron chi connectivity index (χ0n) is 22.1. The van der Waals surface area contributed by atoms with Crippen LogP contribution in [0.25, 0.3) is 0 Å². The van der Waals surface area contributed by atoms with Gasteiger partial charge in [-0.2, -0.15) is 0 Å². The molecule has 2 amide bonds. The summed E-state index contributed by atoms with van der Waals surface area (Å²) in [4.78, 5) is 43.3. The highest BCUT2D eigenvalue weighted by molar-refractivity contribution is 6.12. The van der Waals surface area contributed by atoms with Gasteiger partial charge in [-0.25, -0.2) is 14.2 Å². The first-order valence-corrected chi connectivity index (χ1v) is 12.8. The predicted molar refractivity (Wildman–Crippen MR) is 148 cm³/mol. The number of halogens is 1. The van der Waals surface area contributed by atoms with Crippen LogP contribution in [0.1, 0.15) is 18.4 Å². The highest BCUT2D eigenvalue weighted by Crippen LogP contribution is 2.49. The molecule has 0 atom stereocenters. The van der Waals surface area contributed by atoms with E-state index in [0.717, 1.165) is 16.5 Å². The molecule has 0 saturated heterocycles. The molecule has 0 radical (unpaired) electrons. The summed E-state index contributed by atoms with van der Waals surface area (Å²) in [6, 6.07) is 24.7. The number of benzene rings is 3. The third-order valence-corrected chi connectivity index (χ3v) is 6.50. The number of para-hydroxylation sites is 1. The van der Waals surface area contributed by atoms with E-state index in [-0.39, 0.29) is 29.6 Å². The highest BCUT2D eigenvalue weighted by Gasteiger charge is 2.59. The minimum absolute atomic E-state index is 0.00905. The maximum Gasteiger partial charge on any atom is 0.418 e. The molecule has 5 rings (SSSR count). The Morgan fingerprint density at radius 1 is 0.902 bits per heavy atom. The molecule has 1 aliphatic rings. The minimum atomic E-state index is -1.31. The zero-order chi connectivity index (χ0) is 28.8. The van der Waals surface area contributed by atoms with Gasteiger partial charge in [0.05, 0.1) is 5.69 Å². The van der Waals surface area contributed by atoms with Gasteiger partial charge in [-0.3, -0.25) is 14.9 Å². The summed E-state index contributed by atoms with van der Waals surface area (Å²) in [6.45, 7) is 0.0548. The van der Waals surface area contributed by atoms with E-state index in [0.29, 0.717) is 18.6 Å². The summed E-state index contributed by atoms with van der Waals surface area (Å²) in [5.74, 6) is -0.897. The van der Waals surface area contributed by atoms with Crippen molar-refractivity contribution >= 4 is 29.5 Å². The predicted octanol–water partition coefficient (Wildman–Crippen LogP) is 6.11. The molecule has 0 aliphatic heterocycles. The topological polar surface area (TPSA) is 107 Å². The van der Waals surface area contributed by atoms with Crippen LogP contribution < -0.4 is 19.7 Å². The van der Waals surface area contributed by atoms with E-state index >= 15 is 4.39 Å². The summed E-state index contributed by atoms with van der Waals surface area (Å²) in [7, 11) is 1.42. The summed E-state index contributed by atoms with van der Waals surface area (Å²) in [5, 5.41) is 2.50. The number of anilines is 2. The zero-order valence-corrected chi connectivity index (χ0v) is 22.1. The van der Waals surface area contributed by atoms with Crippen molar-refractivity contribution in [3.05, 3.63) is 109 Å². The molecule has 1 fully saturated rings. The van der Waals surface area contributed by atoms with Crippen molar-refractivity contribution in [3.63, 3.8) is 0 Å². The van der Waals surface area contributed by atoms with Gasteiger partial charge in [0.2, 0.25) is 5.91 Å². The normalized spacial score (nSPS) is 13.0. The largest absolute Gasteiger partial charge is 0.460 e. The number of nitrogens with one attached hydrogen (secondary N) is 1. The fourth-order valence-electron chi connectivity index (χ4n) is 4.15. The number of carbonyl (C=O) groups is 3. The van der Waals surface area contributed by atoms with Crippen LogP contribution >= 0.6 is 0 Å². The number of esters is 1. The average molecular weight is 556 g/mol. The van der Waals surface area contributed by atoms with Gasteiger partial charge in [0.15, 0.2) is 5.82 Å². The Bertz CT molecular complexity index is 1560. The third-order valence-electron chi connectivity index (χ3n) is 6.50. The maximum absolute atomic E-state index is 15.1. The number of pyridine rings is 1. The molecule has 9 nitrogen and oxygen atoms in total. The molecule has 4 aromatic rings. The van der Waals surface area contributed by atoms with E-state index in [4.69, 9.17) is 14.2 Å². The lowest BCUT2D eigenvalue weighted by Crippen LogP contribution is -2.39. The number of amides is 2. The van der Waals surface area contributed by atoms with Gasteiger partial charge in [-0.05, 0) is 48.7 Å². The molecule has 3 aromatic carbocycles. The second-order valence-corrected chi connectivity index (χ2v) is 9.43.